The summed E-state index contributed by atoms with van der Waals surface area (Å²) >= 11 is 0. The molecule has 8 heteroatoms. The molecule has 0 aliphatic rings. The van der Waals surface area contributed by atoms with Crippen LogP contribution in [0.1, 0.15) is 13.8 Å². The highest BCUT2D eigenvalue weighted by Gasteiger charge is 2.50. The van der Waals surface area contributed by atoms with E-state index < -0.39 is 14.5 Å². The van der Waals surface area contributed by atoms with Crippen LogP contribution >= 0.6 is 7.26 Å². The van der Waals surface area contributed by atoms with Gasteiger partial charge in [0.05, 0.1) is 0 Å². The van der Waals surface area contributed by atoms with Gasteiger partial charge >= 0.3 is 7.25 Å². The van der Waals surface area contributed by atoms with Crippen molar-refractivity contribution in [3.63, 3.8) is 0 Å². The summed E-state index contributed by atoms with van der Waals surface area (Å²) in [5.74, 6) is -0.00290. The normalized spacial score (nSPS) is 12.3. The molecule has 0 aliphatic heterocycles. The Bertz CT molecular complexity index is 821. The van der Waals surface area contributed by atoms with Crippen LogP contribution in [0.3, 0.4) is 0 Å². The third kappa shape index (κ3) is 6.17. The monoisotopic (exact) mass is 435 g/mol. The molecule has 0 aromatic heterocycles. The molecule has 3 aromatic carbocycles. The van der Waals surface area contributed by atoms with Gasteiger partial charge in [-0.25, -0.2) is 0 Å². The first-order chi connectivity index (χ1) is 14.2. The van der Waals surface area contributed by atoms with E-state index in [0.717, 1.165) is 0 Å². The lowest BCUT2D eigenvalue weighted by Gasteiger charge is -2.32. The van der Waals surface area contributed by atoms with Crippen LogP contribution in [0, 0.1) is 0 Å². The lowest BCUT2D eigenvalue weighted by Crippen LogP contribution is -2.45. The Morgan fingerprint density at radius 3 is 1.23 bits per heavy atom. The van der Waals surface area contributed by atoms with E-state index >= 15 is 0 Å². The Balaban J connectivity index is 0.000000575. The maximum absolute atomic E-state index is 11.9. The zero-order chi connectivity index (χ0) is 22.2. The SMILES string of the molecule is CC(=O)N[C@H](C)[P+](c1ccccc1)(c1ccccc1)c1ccccc1.F[B-](F)(F)F. The van der Waals surface area contributed by atoms with Crippen molar-refractivity contribution in [2.24, 2.45) is 0 Å². The zero-order valence-electron chi connectivity index (χ0n) is 16.7. The second-order valence-corrected chi connectivity index (χ2v) is 10.4. The Morgan fingerprint density at radius 1 is 0.733 bits per heavy atom. The zero-order valence-corrected chi connectivity index (χ0v) is 17.6. The first-order valence-corrected chi connectivity index (χ1v) is 11.2. The van der Waals surface area contributed by atoms with Gasteiger partial charge in [0.2, 0.25) is 5.91 Å². The summed E-state index contributed by atoms with van der Waals surface area (Å²) in [7, 11) is -8.03. The van der Waals surface area contributed by atoms with E-state index in [1.54, 1.807) is 6.92 Å². The molecule has 0 heterocycles. The van der Waals surface area contributed by atoms with Crippen molar-refractivity contribution in [3.8, 4) is 0 Å². The Labute approximate surface area is 174 Å². The number of hydrogen-bond acceptors (Lipinski definition) is 1. The van der Waals surface area contributed by atoms with Gasteiger partial charge in [0.1, 0.15) is 23.2 Å². The van der Waals surface area contributed by atoms with E-state index in [1.165, 1.54) is 15.9 Å². The van der Waals surface area contributed by atoms with Gasteiger partial charge in [-0.1, -0.05) is 54.6 Å². The topological polar surface area (TPSA) is 29.1 Å². The van der Waals surface area contributed by atoms with Crippen molar-refractivity contribution >= 4 is 36.3 Å². The van der Waals surface area contributed by atoms with E-state index in [9.17, 15) is 22.1 Å². The van der Waals surface area contributed by atoms with Crippen molar-refractivity contribution < 1.29 is 22.1 Å². The number of carbonyl (C=O) groups excluding carboxylic acids is 1. The van der Waals surface area contributed by atoms with Crippen molar-refractivity contribution in [2.75, 3.05) is 0 Å². The molecule has 0 radical (unpaired) electrons. The molecule has 158 valence electrons. The number of nitrogens with one attached hydrogen (secondary N) is 1. The molecule has 0 spiro atoms. The second-order valence-electron chi connectivity index (χ2n) is 6.60. The van der Waals surface area contributed by atoms with E-state index in [1.807, 2.05) is 18.2 Å². The van der Waals surface area contributed by atoms with Crippen LogP contribution in [0.5, 0.6) is 0 Å². The summed E-state index contributed by atoms with van der Waals surface area (Å²) in [6, 6.07) is 31.7. The minimum absolute atomic E-state index is 0.000307. The van der Waals surface area contributed by atoms with Gasteiger partial charge in [-0.2, -0.15) is 0 Å². The molecule has 0 saturated heterocycles. The third-order valence-electron chi connectivity index (χ3n) is 4.48. The Morgan fingerprint density at radius 2 is 1.00 bits per heavy atom. The maximum Gasteiger partial charge on any atom is 0.673 e. The number of halogens is 4. The molecular weight excluding hydrogens is 412 g/mol. The molecule has 1 atom stereocenters. The number of hydrogen-bond donors (Lipinski definition) is 1. The Kier molecular flexibility index (Phi) is 8.19. The molecule has 0 fully saturated rings. The lowest BCUT2D eigenvalue weighted by molar-refractivity contribution is -0.119. The molecule has 0 bridgehead atoms. The van der Waals surface area contributed by atoms with Gasteiger partial charge in [-0.05, 0) is 43.3 Å². The molecular formula is C22H23BF4NOP. The highest BCUT2D eigenvalue weighted by molar-refractivity contribution is 7.96. The van der Waals surface area contributed by atoms with Crippen LogP contribution in [-0.2, 0) is 4.79 Å². The average Bonchev–Trinajstić information content (AvgIpc) is 2.69. The largest absolute Gasteiger partial charge is 0.673 e. The minimum Gasteiger partial charge on any atom is -0.418 e. The maximum atomic E-state index is 11.9. The van der Waals surface area contributed by atoms with Gasteiger partial charge in [-0.15, -0.1) is 0 Å². The highest BCUT2D eigenvalue weighted by Crippen LogP contribution is 2.58. The fourth-order valence-electron chi connectivity index (χ4n) is 3.50. The predicted octanol–water partition coefficient (Wildman–Crippen LogP) is 4.76. The molecule has 0 saturated carbocycles. The van der Waals surface area contributed by atoms with Crippen molar-refractivity contribution in [1.29, 1.82) is 0 Å². The molecule has 1 amide bonds. The summed E-state index contributed by atoms with van der Waals surface area (Å²) < 4.78 is 39.0. The average molecular weight is 435 g/mol. The van der Waals surface area contributed by atoms with E-state index in [4.69, 9.17) is 0 Å². The van der Waals surface area contributed by atoms with E-state index in [-0.39, 0.29) is 11.7 Å². The summed E-state index contributed by atoms with van der Waals surface area (Å²) in [6.45, 7) is 3.72. The summed E-state index contributed by atoms with van der Waals surface area (Å²) in [6.07, 6.45) is 0. The van der Waals surface area contributed by atoms with Gasteiger partial charge in [0.15, 0.2) is 5.78 Å². The second kappa shape index (κ2) is 10.4. The third-order valence-corrected chi connectivity index (χ3v) is 9.11. The van der Waals surface area contributed by atoms with Gasteiger partial charge in [0.25, 0.3) is 0 Å². The molecule has 2 nitrogen and oxygen atoms in total. The lowest BCUT2D eigenvalue weighted by atomic mass is 10.3. The summed E-state index contributed by atoms with van der Waals surface area (Å²) in [5.41, 5.74) is 0. The molecule has 30 heavy (non-hydrogen) atoms. The van der Waals surface area contributed by atoms with Crippen LogP contribution in [0.4, 0.5) is 17.3 Å². The van der Waals surface area contributed by atoms with Crippen LogP contribution in [0.15, 0.2) is 91.0 Å². The summed E-state index contributed by atoms with van der Waals surface area (Å²) in [4.78, 5) is 11.9. The molecule has 0 unspecified atom stereocenters. The Hall–Kier alpha value is -2.66. The highest BCUT2D eigenvalue weighted by atomic mass is 31.2. The minimum atomic E-state index is -6.00. The van der Waals surface area contributed by atoms with E-state index in [2.05, 4.69) is 85.0 Å². The number of amides is 1. The molecule has 3 rings (SSSR count). The summed E-state index contributed by atoms with van der Waals surface area (Å²) in [5, 5.41) is 7.01. The predicted molar refractivity (Wildman–Crippen MR) is 119 cm³/mol. The fourth-order valence-corrected chi connectivity index (χ4v) is 8.04. The van der Waals surface area contributed by atoms with Gasteiger partial charge < -0.3 is 22.6 Å². The number of benzene rings is 3. The van der Waals surface area contributed by atoms with Crippen LogP contribution in [-0.4, -0.2) is 18.9 Å². The van der Waals surface area contributed by atoms with Crippen molar-refractivity contribution in [2.45, 2.75) is 19.6 Å². The van der Waals surface area contributed by atoms with Gasteiger partial charge in [0, 0.05) is 6.92 Å². The van der Waals surface area contributed by atoms with Gasteiger partial charge in [-0.3, -0.25) is 4.79 Å². The molecule has 1 N–H and O–H groups in total. The molecule has 0 aliphatic carbocycles. The first-order valence-electron chi connectivity index (χ1n) is 9.35. The number of carbonyl (C=O) groups is 1. The van der Waals surface area contributed by atoms with Crippen molar-refractivity contribution in [3.05, 3.63) is 91.0 Å². The van der Waals surface area contributed by atoms with Crippen LogP contribution in [0.2, 0.25) is 0 Å². The molecule has 3 aromatic rings. The van der Waals surface area contributed by atoms with Crippen molar-refractivity contribution in [1.82, 2.24) is 5.32 Å². The van der Waals surface area contributed by atoms with Crippen LogP contribution < -0.4 is 21.2 Å². The fraction of sp³-hybridized carbons (Fsp3) is 0.136. The quantitative estimate of drug-likeness (QED) is 0.350. The standard InChI is InChI=1S/C22H22NOP.BF4/c1-18(24)23-19(2)25(20-12-6-3-7-13-20,21-14-8-4-9-15-21)22-16-10-5-11-17-22;2-1(3,4)5/h3-17,19H,1-2H3;/q;-1/p+1/t19-;/m0./s1. The van der Waals surface area contributed by atoms with E-state index in [0.29, 0.717) is 0 Å². The first kappa shape index (κ1) is 23.6. The van der Waals surface area contributed by atoms with Crippen LogP contribution in [0.25, 0.3) is 0 Å². The smallest absolute Gasteiger partial charge is 0.418 e. The number of rotatable bonds is 5.